The molecule has 1 unspecified atom stereocenters. The highest BCUT2D eigenvalue weighted by Crippen LogP contribution is 2.25. The maximum atomic E-state index is 12.0. The Morgan fingerprint density at radius 1 is 1.37 bits per heavy atom. The zero-order valence-electron chi connectivity index (χ0n) is 17.8. The Labute approximate surface area is 183 Å². The van der Waals surface area contributed by atoms with Crippen molar-refractivity contribution in [2.24, 2.45) is 4.99 Å². The quantitative estimate of drug-likeness (QED) is 0.467. The van der Waals surface area contributed by atoms with Gasteiger partial charge in [0.15, 0.2) is 5.96 Å². The first kappa shape index (κ1) is 22.6. The monoisotopic (exact) mass is 437 g/mol. The van der Waals surface area contributed by atoms with E-state index in [0.29, 0.717) is 11.0 Å². The Hall–Kier alpha value is -2.10. The van der Waals surface area contributed by atoms with Crippen molar-refractivity contribution in [2.45, 2.75) is 12.5 Å². The number of aliphatic imine (C=N–C) groups is 1. The van der Waals surface area contributed by atoms with E-state index in [9.17, 15) is 4.79 Å². The SMILES string of the molecule is CN(C)C(=O)CN=C(NCCN1CCOCC1)NC1CCN(c2ncccc2Cl)C1. The van der Waals surface area contributed by atoms with Crippen LogP contribution in [-0.4, -0.2) is 106 Å². The molecule has 3 heterocycles. The van der Waals surface area contributed by atoms with E-state index in [4.69, 9.17) is 16.3 Å². The molecule has 166 valence electrons. The van der Waals surface area contributed by atoms with Crippen LogP contribution in [0.3, 0.4) is 0 Å². The van der Waals surface area contributed by atoms with Gasteiger partial charge >= 0.3 is 0 Å². The lowest BCUT2D eigenvalue weighted by Crippen LogP contribution is -2.48. The molecule has 1 aromatic rings. The van der Waals surface area contributed by atoms with Gasteiger partial charge in [-0.15, -0.1) is 0 Å². The standard InChI is InChI=1S/C20H32ClN7O2/c1-26(2)18(29)14-24-20(23-7-9-27-10-12-30-13-11-27)25-16-5-8-28(15-16)19-17(21)4-3-6-22-19/h3-4,6,16H,5,7-15H2,1-2H3,(H2,23,24,25). The fourth-order valence-corrected chi connectivity index (χ4v) is 3.71. The number of guanidine groups is 1. The molecular formula is C20H32ClN7O2. The van der Waals surface area contributed by atoms with Gasteiger partial charge in [0.1, 0.15) is 12.4 Å². The molecule has 3 rings (SSSR count). The van der Waals surface area contributed by atoms with E-state index in [-0.39, 0.29) is 18.5 Å². The maximum absolute atomic E-state index is 12.0. The highest BCUT2D eigenvalue weighted by molar-refractivity contribution is 6.32. The topological polar surface area (TPSA) is 85.3 Å². The van der Waals surface area contributed by atoms with Crippen molar-refractivity contribution in [1.82, 2.24) is 25.4 Å². The summed E-state index contributed by atoms with van der Waals surface area (Å²) in [6, 6.07) is 3.90. The van der Waals surface area contributed by atoms with Gasteiger partial charge in [0.2, 0.25) is 5.91 Å². The van der Waals surface area contributed by atoms with Crippen molar-refractivity contribution in [3.63, 3.8) is 0 Å². The molecular weight excluding hydrogens is 406 g/mol. The molecule has 0 radical (unpaired) electrons. The Balaban J connectivity index is 1.55. The lowest BCUT2D eigenvalue weighted by molar-refractivity contribution is -0.127. The summed E-state index contributed by atoms with van der Waals surface area (Å²) in [5.41, 5.74) is 0. The van der Waals surface area contributed by atoms with Crippen LogP contribution in [0, 0.1) is 0 Å². The molecule has 1 atom stereocenters. The number of nitrogens with zero attached hydrogens (tertiary/aromatic N) is 5. The minimum atomic E-state index is -0.0300. The number of carbonyl (C=O) groups is 1. The van der Waals surface area contributed by atoms with Crippen LogP contribution >= 0.6 is 11.6 Å². The second-order valence-electron chi connectivity index (χ2n) is 7.72. The average molecular weight is 438 g/mol. The van der Waals surface area contributed by atoms with E-state index in [2.05, 4.69) is 30.4 Å². The Morgan fingerprint density at radius 3 is 2.90 bits per heavy atom. The molecule has 30 heavy (non-hydrogen) atoms. The Bertz CT molecular complexity index is 725. The molecule has 0 saturated carbocycles. The number of anilines is 1. The molecule has 0 aliphatic carbocycles. The van der Waals surface area contributed by atoms with Crippen LogP contribution in [0.5, 0.6) is 0 Å². The molecule has 10 heteroatoms. The van der Waals surface area contributed by atoms with Crippen molar-refractivity contribution in [1.29, 1.82) is 0 Å². The van der Waals surface area contributed by atoms with Gasteiger partial charge in [0.25, 0.3) is 0 Å². The number of pyridine rings is 1. The molecule has 2 saturated heterocycles. The van der Waals surface area contributed by atoms with E-state index in [1.54, 1.807) is 25.2 Å². The van der Waals surface area contributed by atoms with Crippen LogP contribution in [-0.2, 0) is 9.53 Å². The maximum Gasteiger partial charge on any atom is 0.243 e. The molecule has 0 spiro atoms. The van der Waals surface area contributed by atoms with Crippen LogP contribution in [0.15, 0.2) is 23.3 Å². The van der Waals surface area contributed by atoms with Crippen LogP contribution in [0.2, 0.25) is 5.02 Å². The summed E-state index contributed by atoms with van der Waals surface area (Å²) < 4.78 is 5.40. The molecule has 2 N–H and O–H groups in total. The highest BCUT2D eigenvalue weighted by Gasteiger charge is 2.25. The lowest BCUT2D eigenvalue weighted by Gasteiger charge is -2.27. The lowest BCUT2D eigenvalue weighted by atomic mass is 10.3. The average Bonchev–Trinajstić information content (AvgIpc) is 3.21. The largest absolute Gasteiger partial charge is 0.379 e. The first-order valence-corrected chi connectivity index (χ1v) is 10.8. The van der Waals surface area contributed by atoms with Gasteiger partial charge in [-0.05, 0) is 18.6 Å². The summed E-state index contributed by atoms with van der Waals surface area (Å²) in [5.74, 6) is 1.44. The van der Waals surface area contributed by atoms with Crippen molar-refractivity contribution >= 4 is 29.3 Å². The number of hydrogen-bond acceptors (Lipinski definition) is 6. The van der Waals surface area contributed by atoms with Crippen LogP contribution in [0.25, 0.3) is 0 Å². The van der Waals surface area contributed by atoms with E-state index >= 15 is 0 Å². The van der Waals surface area contributed by atoms with Crippen molar-refractivity contribution < 1.29 is 9.53 Å². The van der Waals surface area contributed by atoms with Gasteiger partial charge in [-0.2, -0.15) is 0 Å². The molecule has 2 aliphatic heterocycles. The zero-order valence-corrected chi connectivity index (χ0v) is 18.6. The molecule has 0 aromatic carbocycles. The van der Waals surface area contributed by atoms with Gasteiger partial charge in [-0.1, -0.05) is 11.6 Å². The van der Waals surface area contributed by atoms with Gasteiger partial charge in [0, 0.05) is 65.6 Å². The predicted octanol–water partition coefficient (Wildman–Crippen LogP) is 0.269. The zero-order chi connectivity index (χ0) is 21.3. The molecule has 1 aromatic heterocycles. The number of carbonyl (C=O) groups excluding carboxylic acids is 1. The number of likely N-dealkylation sites (N-methyl/N-ethyl adjacent to an activating group) is 1. The van der Waals surface area contributed by atoms with Crippen molar-refractivity contribution in [3.05, 3.63) is 23.4 Å². The highest BCUT2D eigenvalue weighted by atomic mass is 35.5. The minimum Gasteiger partial charge on any atom is -0.379 e. The number of ether oxygens (including phenoxy) is 1. The summed E-state index contributed by atoms with van der Waals surface area (Å²) in [4.78, 5) is 27.0. The van der Waals surface area contributed by atoms with Crippen molar-refractivity contribution in [2.75, 3.05) is 78.0 Å². The number of hydrogen-bond donors (Lipinski definition) is 2. The number of morpholine rings is 1. The summed E-state index contributed by atoms with van der Waals surface area (Å²) in [7, 11) is 3.48. The summed E-state index contributed by atoms with van der Waals surface area (Å²) >= 11 is 6.30. The van der Waals surface area contributed by atoms with Gasteiger partial charge < -0.3 is 25.2 Å². The summed E-state index contributed by atoms with van der Waals surface area (Å²) in [6.45, 7) is 6.88. The van der Waals surface area contributed by atoms with Gasteiger partial charge in [-0.3, -0.25) is 9.69 Å². The number of amides is 1. The second-order valence-corrected chi connectivity index (χ2v) is 8.13. The summed E-state index contributed by atoms with van der Waals surface area (Å²) in [6.07, 6.45) is 2.70. The first-order valence-electron chi connectivity index (χ1n) is 10.4. The van der Waals surface area contributed by atoms with E-state index in [0.717, 1.165) is 64.7 Å². The molecule has 9 nitrogen and oxygen atoms in total. The summed E-state index contributed by atoms with van der Waals surface area (Å²) in [5, 5.41) is 7.52. The smallest absolute Gasteiger partial charge is 0.243 e. The number of rotatable bonds is 7. The number of halogens is 1. The third-order valence-corrected chi connectivity index (χ3v) is 5.56. The van der Waals surface area contributed by atoms with Crippen LogP contribution in [0.1, 0.15) is 6.42 Å². The third kappa shape index (κ3) is 6.72. The third-order valence-electron chi connectivity index (χ3n) is 5.26. The molecule has 2 fully saturated rings. The number of nitrogens with one attached hydrogen (secondary N) is 2. The normalized spacial score (nSPS) is 20.3. The van der Waals surface area contributed by atoms with Crippen LogP contribution < -0.4 is 15.5 Å². The van der Waals surface area contributed by atoms with Gasteiger partial charge in [0.05, 0.1) is 18.2 Å². The second kappa shape index (κ2) is 11.3. The van der Waals surface area contributed by atoms with E-state index < -0.39 is 0 Å². The van der Waals surface area contributed by atoms with Crippen LogP contribution in [0.4, 0.5) is 5.82 Å². The van der Waals surface area contributed by atoms with Crippen molar-refractivity contribution in [3.8, 4) is 0 Å². The molecule has 2 aliphatic rings. The first-order chi connectivity index (χ1) is 14.5. The fraction of sp³-hybridized carbons (Fsp3) is 0.650. The Morgan fingerprint density at radius 2 is 2.17 bits per heavy atom. The fourth-order valence-electron chi connectivity index (χ4n) is 3.47. The predicted molar refractivity (Wildman–Crippen MR) is 119 cm³/mol. The van der Waals surface area contributed by atoms with Gasteiger partial charge in [-0.25, -0.2) is 9.98 Å². The Kier molecular flexibility index (Phi) is 8.53. The molecule has 0 bridgehead atoms. The van der Waals surface area contributed by atoms with E-state index in [1.165, 1.54) is 0 Å². The minimum absolute atomic E-state index is 0.0300. The molecule has 1 amide bonds. The van der Waals surface area contributed by atoms with E-state index in [1.807, 2.05) is 12.1 Å². The number of aromatic nitrogens is 1.